The molecule has 124 valence electrons. The fourth-order valence-corrected chi connectivity index (χ4v) is 3.92. The maximum atomic E-state index is 13.2. The molecule has 4 atom stereocenters. The van der Waals surface area contributed by atoms with Crippen LogP contribution in [0.1, 0.15) is 36.5 Å². The first-order chi connectivity index (χ1) is 11.0. The first-order valence-electron chi connectivity index (χ1n) is 8.29. The van der Waals surface area contributed by atoms with E-state index in [2.05, 4.69) is 0 Å². The highest BCUT2D eigenvalue weighted by molar-refractivity contribution is 5.99. The molecule has 0 radical (unpaired) electrons. The highest BCUT2D eigenvalue weighted by Crippen LogP contribution is 2.37. The van der Waals surface area contributed by atoms with E-state index >= 15 is 0 Å². The topological polar surface area (TPSA) is 63.4 Å². The van der Waals surface area contributed by atoms with Crippen molar-refractivity contribution in [3.63, 3.8) is 0 Å². The van der Waals surface area contributed by atoms with Crippen molar-refractivity contribution in [2.45, 2.75) is 32.2 Å². The summed E-state index contributed by atoms with van der Waals surface area (Å²) in [5.74, 6) is -0.136. The fourth-order valence-electron chi connectivity index (χ4n) is 3.92. The van der Waals surface area contributed by atoms with Gasteiger partial charge in [0.2, 0.25) is 5.91 Å². The third kappa shape index (κ3) is 3.29. The number of rotatable bonds is 4. The fraction of sp³-hybridized carbons (Fsp3) is 0.556. The predicted molar refractivity (Wildman–Crippen MR) is 85.3 cm³/mol. The molecule has 0 spiro atoms. The minimum atomic E-state index is -0.446. The number of hydrogen-bond acceptors (Lipinski definition) is 3. The zero-order valence-electron chi connectivity index (χ0n) is 13.4. The Balaban J connectivity index is 1.59. The standard InChI is InChI=1S/C18H23FN2O2/c1-11(18(23)12-3-2-4-14(19)8-12)7-17(22)21-9-13-5-6-16(20)15(13)10-21/h2-4,8,11,13,15-16H,5-7,9-10,20H2,1H3. The van der Waals surface area contributed by atoms with Crippen LogP contribution in [0.2, 0.25) is 0 Å². The van der Waals surface area contributed by atoms with Crippen molar-refractivity contribution in [3.05, 3.63) is 35.6 Å². The number of carbonyl (C=O) groups excluding carboxylic acids is 2. The quantitative estimate of drug-likeness (QED) is 0.866. The second-order valence-corrected chi connectivity index (χ2v) is 6.94. The zero-order valence-corrected chi connectivity index (χ0v) is 13.4. The number of likely N-dealkylation sites (tertiary alicyclic amines) is 1. The van der Waals surface area contributed by atoms with E-state index in [1.807, 2.05) is 4.90 Å². The number of nitrogens with two attached hydrogens (primary N) is 1. The number of nitrogens with zero attached hydrogens (tertiary/aromatic N) is 1. The van der Waals surface area contributed by atoms with Crippen LogP contribution in [0.5, 0.6) is 0 Å². The summed E-state index contributed by atoms with van der Waals surface area (Å²) in [4.78, 5) is 26.6. The molecule has 4 unspecified atom stereocenters. The van der Waals surface area contributed by atoms with Gasteiger partial charge in [0.15, 0.2) is 5.78 Å². The van der Waals surface area contributed by atoms with Crippen molar-refractivity contribution in [3.8, 4) is 0 Å². The summed E-state index contributed by atoms with van der Waals surface area (Å²) in [7, 11) is 0. The molecule has 1 aliphatic heterocycles. The Bertz CT molecular complexity index is 619. The van der Waals surface area contributed by atoms with Crippen LogP contribution in [0.15, 0.2) is 24.3 Å². The first kappa shape index (κ1) is 16.1. The Morgan fingerprint density at radius 3 is 2.83 bits per heavy atom. The van der Waals surface area contributed by atoms with Crippen molar-refractivity contribution in [2.75, 3.05) is 13.1 Å². The van der Waals surface area contributed by atoms with Crippen LogP contribution in [0.25, 0.3) is 0 Å². The summed E-state index contributed by atoms with van der Waals surface area (Å²) in [6, 6.07) is 5.83. The smallest absolute Gasteiger partial charge is 0.223 e. The van der Waals surface area contributed by atoms with Crippen LogP contribution < -0.4 is 5.73 Å². The average Bonchev–Trinajstić information content (AvgIpc) is 3.09. The molecule has 5 heteroatoms. The number of halogens is 1. The van der Waals surface area contributed by atoms with E-state index in [1.165, 1.54) is 18.2 Å². The predicted octanol–water partition coefficient (Wildman–Crippen LogP) is 2.23. The summed E-state index contributed by atoms with van der Waals surface area (Å²) in [6.07, 6.45) is 2.31. The molecule has 3 rings (SSSR count). The van der Waals surface area contributed by atoms with E-state index in [1.54, 1.807) is 13.0 Å². The van der Waals surface area contributed by atoms with Crippen LogP contribution in [-0.2, 0) is 4.79 Å². The molecule has 1 saturated carbocycles. The summed E-state index contributed by atoms with van der Waals surface area (Å²) >= 11 is 0. The largest absolute Gasteiger partial charge is 0.342 e. The zero-order chi connectivity index (χ0) is 16.6. The second-order valence-electron chi connectivity index (χ2n) is 6.94. The van der Waals surface area contributed by atoms with E-state index in [9.17, 15) is 14.0 Å². The molecule has 1 aliphatic carbocycles. The lowest BCUT2D eigenvalue weighted by Gasteiger charge is -2.20. The average molecular weight is 318 g/mol. The molecule has 2 N–H and O–H groups in total. The van der Waals surface area contributed by atoms with E-state index in [0.29, 0.717) is 23.9 Å². The number of carbonyl (C=O) groups is 2. The van der Waals surface area contributed by atoms with Gasteiger partial charge in [-0.15, -0.1) is 0 Å². The molecule has 4 nitrogen and oxygen atoms in total. The molecule has 0 aromatic heterocycles. The van der Waals surface area contributed by atoms with Crippen molar-refractivity contribution >= 4 is 11.7 Å². The molecular formula is C18H23FN2O2. The molecule has 1 saturated heterocycles. The lowest BCUT2D eigenvalue weighted by molar-refractivity contribution is -0.131. The van der Waals surface area contributed by atoms with Gasteiger partial charge in [-0.1, -0.05) is 19.1 Å². The monoisotopic (exact) mass is 318 g/mol. The molecule has 0 bridgehead atoms. The normalized spacial score (nSPS) is 27.8. The SMILES string of the molecule is CC(CC(=O)N1CC2CCC(N)C2C1)C(=O)c1cccc(F)c1. The minimum absolute atomic E-state index is 0.00357. The van der Waals surface area contributed by atoms with Gasteiger partial charge < -0.3 is 10.6 Å². The number of Topliss-reactive ketones (excluding diaryl/α,β-unsaturated/α-hetero) is 1. The second kappa shape index (κ2) is 6.40. The van der Waals surface area contributed by atoms with Gasteiger partial charge in [-0.25, -0.2) is 4.39 Å². The van der Waals surface area contributed by atoms with Gasteiger partial charge in [0.25, 0.3) is 0 Å². The van der Waals surface area contributed by atoms with Gasteiger partial charge in [0, 0.05) is 37.0 Å². The third-order valence-corrected chi connectivity index (χ3v) is 5.30. The van der Waals surface area contributed by atoms with Crippen LogP contribution >= 0.6 is 0 Å². The molecule has 2 fully saturated rings. The van der Waals surface area contributed by atoms with Gasteiger partial charge in [0.05, 0.1) is 0 Å². The molecule has 1 heterocycles. The molecular weight excluding hydrogens is 295 g/mol. The summed E-state index contributed by atoms with van der Waals surface area (Å²) < 4.78 is 13.2. The molecule has 1 aromatic carbocycles. The molecule has 23 heavy (non-hydrogen) atoms. The number of amides is 1. The minimum Gasteiger partial charge on any atom is -0.342 e. The summed E-state index contributed by atoms with van der Waals surface area (Å²) in [5.41, 5.74) is 6.42. The molecule has 2 aliphatic rings. The Hall–Kier alpha value is -1.75. The number of hydrogen-bond donors (Lipinski definition) is 1. The Kier molecular flexibility index (Phi) is 4.48. The lowest BCUT2D eigenvalue weighted by Crippen LogP contribution is -2.34. The van der Waals surface area contributed by atoms with Gasteiger partial charge in [-0.2, -0.15) is 0 Å². The van der Waals surface area contributed by atoms with Crippen LogP contribution in [0.3, 0.4) is 0 Å². The number of benzene rings is 1. The highest BCUT2D eigenvalue weighted by Gasteiger charge is 2.42. The van der Waals surface area contributed by atoms with Crippen molar-refractivity contribution in [1.29, 1.82) is 0 Å². The van der Waals surface area contributed by atoms with Gasteiger partial charge in [-0.3, -0.25) is 9.59 Å². The lowest BCUT2D eigenvalue weighted by atomic mass is 9.96. The molecule has 1 aromatic rings. The van der Waals surface area contributed by atoms with Gasteiger partial charge in [0.1, 0.15) is 5.82 Å². The highest BCUT2D eigenvalue weighted by atomic mass is 19.1. The maximum absolute atomic E-state index is 13.2. The van der Waals surface area contributed by atoms with Crippen molar-refractivity contribution in [2.24, 2.45) is 23.5 Å². The third-order valence-electron chi connectivity index (χ3n) is 5.30. The van der Waals surface area contributed by atoms with Crippen LogP contribution in [0.4, 0.5) is 4.39 Å². The summed E-state index contributed by atoms with van der Waals surface area (Å²) in [6.45, 7) is 3.21. The van der Waals surface area contributed by atoms with Gasteiger partial charge in [-0.05, 0) is 36.8 Å². The maximum Gasteiger partial charge on any atom is 0.223 e. The van der Waals surface area contributed by atoms with E-state index in [4.69, 9.17) is 5.73 Å². The van der Waals surface area contributed by atoms with E-state index in [-0.39, 0.29) is 24.2 Å². The van der Waals surface area contributed by atoms with E-state index < -0.39 is 11.7 Å². The van der Waals surface area contributed by atoms with Crippen LogP contribution in [-0.4, -0.2) is 35.7 Å². The molecule has 1 amide bonds. The Morgan fingerprint density at radius 1 is 1.35 bits per heavy atom. The van der Waals surface area contributed by atoms with Gasteiger partial charge >= 0.3 is 0 Å². The Morgan fingerprint density at radius 2 is 2.13 bits per heavy atom. The summed E-state index contributed by atoms with van der Waals surface area (Å²) in [5, 5.41) is 0. The van der Waals surface area contributed by atoms with Crippen molar-refractivity contribution in [1.82, 2.24) is 4.90 Å². The first-order valence-corrected chi connectivity index (χ1v) is 8.29. The van der Waals surface area contributed by atoms with Crippen LogP contribution in [0, 0.1) is 23.6 Å². The van der Waals surface area contributed by atoms with Crippen molar-refractivity contribution < 1.29 is 14.0 Å². The van der Waals surface area contributed by atoms with E-state index in [0.717, 1.165) is 19.4 Å². The number of ketones is 1. The Labute approximate surface area is 135 Å². The number of fused-ring (bicyclic) bond motifs is 1.